The molecule has 1 N–H and O–H groups in total. The summed E-state index contributed by atoms with van der Waals surface area (Å²) in [4.78, 5) is 0. The minimum atomic E-state index is 0.208. The quantitative estimate of drug-likeness (QED) is 0.894. The summed E-state index contributed by atoms with van der Waals surface area (Å²) >= 11 is 6.98. The molecule has 5 heteroatoms. The van der Waals surface area contributed by atoms with Crippen molar-refractivity contribution < 1.29 is 0 Å². The van der Waals surface area contributed by atoms with Gasteiger partial charge >= 0.3 is 0 Å². The van der Waals surface area contributed by atoms with Crippen molar-refractivity contribution in [3.8, 4) is 0 Å². The first-order valence-electron chi connectivity index (χ1n) is 5.27. The van der Waals surface area contributed by atoms with Gasteiger partial charge in [-0.3, -0.25) is 4.68 Å². The number of nitrogens with zero attached hydrogens (tertiary/aromatic N) is 2. The summed E-state index contributed by atoms with van der Waals surface area (Å²) < 4.78 is 3.98. The van der Waals surface area contributed by atoms with E-state index in [-0.39, 0.29) is 6.04 Å². The number of benzene rings is 1. The summed E-state index contributed by atoms with van der Waals surface area (Å²) in [5.41, 5.74) is 2.22. The molecule has 1 aromatic carbocycles. The van der Waals surface area contributed by atoms with Crippen LogP contribution in [0.1, 0.15) is 18.7 Å². The number of nitrogens with one attached hydrogen (secondary N) is 1. The van der Waals surface area contributed by atoms with Gasteiger partial charge in [-0.15, -0.1) is 0 Å². The zero-order valence-corrected chi connectivity index (χ0v) is 12.8. The molecule has 17 heavy (non-hydrogen) atoms. The lowest BCUT2D eigenvalue weighted by Gasteiger charge is -2.16. The van der Waals surface area contributed by atoms with Crippen LogP contribution in [0.3, 0.4) is 0 Å². The highest BCUT2D eigenvalue weighted by molar-refractivity contribution is 9.11. The van der Waals surface area contributed by atoms with Crippen molar-refractivity contribution in [1.29, 1.82) is 0 Å². The molecule has 0 fully saturated rings. The Morgan fingerprint density at radius 1 is 1.29 bits per heavy atom. The predicted molar refractivity (Wildman–Crippen MR) is 77.1 cm³/mol. The second kappa shape index (κ2) is 5.23. The van der Waals surface area contributed by atoms with E-state index in [0.717, 1.165) is 20.3 Å². The fraction of sp³-hybridized carbons (Fsp3) is 0.250. The van der Waals surface area contributed by atoms with E-state index >= 15 is 0 Å². The van der Waals surface area contributed by atoms with Gasteiger partial charge in [-0.2, -0.15) is 5.10 Å². The van der Waals surface area contributed by atoms with Gasteiger partial charge in [0.05, 0.1) is 11.7 Å². The lowest BCUT2D eigenvalue weighted by molar-refractivity contribution is 0.675. The van der Waals surface area contributed by atoms with Crippen molar-refractivity contribution in [3.63, 3.8) is 0 Å². The van der Waals surface area contributed by atoms with Gasteiger partial charge in [0.1, 0.15) is 0 Å². The van der Waals surface area contributed by atoms with Crippen LogP contribution < -0.4 is 5.32 Å². The highest BCUT2D eigenvalue weighted by Gasteiger charge is 2.10. The van der Waals surface area contributed by atoms with E-state index in [1.807, 2.05) is 42.2 Å². The molecule has 0 spiro atoms. The molecule has 0 saturated heterocycles. The fourth-order valence-corrected chi connectivity index (χ4v) is 2.88. The number of rotatable bonds is 3. The Bertz CT molecular complexity index is 522. The summed E-state index contributed by atoms with van der Waals surface area (Å²) in [6, 6.07) is 8.31. The molecule has 0 aliphatic heterocycles. The van der Waals surface area contributed by atoms with E-state index in [4.69, 9.17) is 0 Å². The standard InChI is InChI=1S/C12H13Br2N3/c1-8(12-5-6-15-17(12)2)16-11-4-3-9(13)7-10(11)14/h3-8,16H,1-2H3. The summed E-state index contributed by atoms with van der Waals surface area (Å²) in [6.45, 7) is 2.12. The molecule has 0 radical (unpaired) electrons. The van der Waals surface area contributed by atoms with Gasteiger partial charge in [-0.1, -0.05) is 15.9 Å². The average molecular weight is 359 g/mol. The molecular formula is C12H13Br2N3. The molecule has 2 rings (SSSR count). The third kappa shape index (κ3) is 2.90. The Kier molecular flexibility index (Phi) is 3.89. The highest BCUT2D eigenvalue weighted by atomic mass is 79.9. The summed E-state index contributed by atoms with van der Waals surface area (Å²) in [6.07, 6.45) is 1.81. The monoisotopic (exact) mass is 357 g/mol. The Hall–Kier alpha value is -0.810. The second-order valence-electron chi connectivity index (χ2n) is 3.87. The van der Waals surface area contributed by atoms with Crippen molar-refractivity contribution in [2.75, 3.05) is 5.32 Å². The summed E-state index contributed by atoms with van der Waals surface area (Å²) in [5.74, 6) is 0. The van der Waals surface area contributed by atoms with Gasteiger partial charge in [-0.25, -0.2) is 0 Å². The minimum absolute atomic E-state index is 0.208. The maximum Gasteiger partial charge on any atom is 0.0654 e. The van der Waals surface area contributed by atoms with E-state index in [0.29, 0.717) is 0 Å². The number of aryl methyl sites for hydroxylation is 1. The lowest BCUT2D eigenvalue weighted by atomic mass is 10.2. The predicted octanol–water partition coefficient (Wildman–Crippen LogP) is 4.12. The number of halogens is 2. The van der Waals surface area contributed by atoms with E-state index in [1.165, 1.54) is 0 Å². The van der Waals surface area contributed by atoms with Crippen LogP contribution in [-0.4, -0.2) is 9.78 Å². The molecule has 0 saturated carbocycles. The minimum Gasteiger partial charge on any atom is -0.376 e. The smallest absolute Gasteiger partial charge is 0.0654 e. The van der Waals surface area contributed by atoms with Crippen molar-refractivity contribution in [2.45, 2.75) is 13.0 Å². The fourth-order valence-electron chi connectivity index (χ4n) is 1.72. The molecule has 1 heterocycles. The Morgan fingerprint density at radius 3 is 2.65 bits per heavy atom. The molecule has 3 nitrogen and oxygen atoms in total. The van der Waals surface area contributed by atoms with Crippen LogP contribution in [-0.2, 0) is 7.05 Å². The molecular weight excluding hydrogens is 346 g/mol. The van der Waals surface area contributed by atoms with Crippen molar-refractivity contribution in [2.24, 2.45) is 7.05 Å². The van der Waals surface area contributed by atoms with Crippen LogP contribution >= 0.6 is 31.9 Å². The number of anilines is 1. The van der Waals surface area contributed by atoms with E-state index in [9.17, 15) is 0 Å². The van der Waals surface area contributed by atoms with Gasteiger partial charge in [-0.05, 0) is 47.1 Å². The molecule has 0 aliphatic carbocycles. The third-order valence-corrected chi connectivity index (χ3v) is 3.75. The van der Waals surface area contributed by atoms with Gasteiger partial charge in [0.15, 0.2) is 0 Å². The summed E-state index contributed by atoms with van der Waals surface area (Å²) in [5, 5.41) is 7.63. The van der Waals surface area contributed by atoms with Gasteiger partial charge in [0, 0.05) is 27.9 Å². The Labute approximate surface area is 117 Å². The molecule has 1 unspecified atom stereocenters. The summed E-state index contributed by atoms with van der Waals surface area (Å²) in [7, 11) is 1.95. The highest BCUT2D eigenvalue weighted by Crippen LogP contribution is 2.29. The molecule has 1 aromatic heterocycles. The van der Waals surface area contributed by atoms with Crippen LogP contribution in [0.4, 0.5) is 5.69 Å². The van der Waals surface area contributed by atoms with Crippen LogP contribution in [0.15, 0.2) is 39.4 Å². The van der Waals surface area contributed by atoms with Crippen LogP contribution in [0.5, 0.6) is 0 Å². The topological polar surface area (TPSA) is 29.9 Å². The number of aromatic nitrogens is 2. The van der Waals surface area contributed by atoms with Crippen molar-refractivity contribution in [3.05, 3.63) is 45.1 Å². The van der Waals surface area contributed by atoms with Crippen LogP contribution in [0, 0.1) is 0 Å². The van der Waals surface area contributed by atoms with E-state index in [1.54, 1.807) is 0 Å². The molecule has 0 amide bonds. The average Bonchev–Trinajstić information content (AvgIpc) is 2.68. The largest absolute Gasteiger partial charge is 0.376 e. The lowest BCUT2D eigenvalue weighted by Crippen LogP contribution is -2.11. The second-order valence-corrected chi connectivity index (χ2v) is 5.64. The molecule has 1 atom stereocenters. The first-order chi connectivity index (χ1) is 8.08. The normalized spacial score (nSPS) is 12.5. The van der Waals surface area contributed by atoms with Crippen LogP contribution in [0.25, 0.3) is 0 Å². The Morgan fingerprint density at radius 2 is 2.06 bits per heavy atom. The van der Waals surface area contributed by atoms with Crippen LogP contribution in [0.2, 0.25) is 0 Å². The molecule has 0 aliphatic rings. The maximum absolute atomic E-state index is 4.17. The number of hydrogen-bond donors (Lipinski definition) is 1. The van der Waals surface area contributed by atoms with Gasteiger partial charge < -0.3 is 5.32 Å². The zero-order chi connectivity index (χ0) is 12.4. The SMILES string of the molecule is CC(Nc1ccc(Br)cc1Br)c1ccnn1C. The van der Waals surface area contributed by atoms with E-state index < -0.39 is 0 Å². The van der Waals surface area contributed by atoms with Crippen molar-refractivity contribution >= 4 is 37.5 Å². The maximum atomic E-state index is 4.17. The van der Waals surface area contributed by atoms with Crippen molar-refractivity contribution in [1.82, 2.24) is 9.78 Å². The number of hydrogen-bond acceptors (Lipinski definition) is 2. The Balaban J connectivity index is 2.19. The first kappa shape index (κ1) is 12.6. The molecule has 0 bridgehead atoms. The molecule has 90 valence electrons. The molecule has 2 aromatic rings. The third-order valence-electron chi connectivity index (χ3n) is 2.61. The van der Waals surface area contributed by atoms with E-state index in [2.05, 4.69) is 49.2 Å². The zero-order valence-electron chi connectivity index (χ0n) is 9.61. The van der Waals surface area contributed by atoms with Gasteiger partial charge in [0.2, 0.25) is 0 Å². The van der Waals surface area contributed by atoms with Gasteiger partial charge in [0.25, 0.3) is 0 Å². The first-order valence-corrected chi connectivity index (χ1v) is 6.86.